The monoisotopic (exact) mass is 424 g/mol. The summed E-state index contributed by atoms with van der Waals surface area (Å²) in [6.45, 7) is 7.22. The maximum atomic E-state index is 14.6. The fraction of sp³-hybridized carbons (Fsp3) is 0.333. The highest BCUT2D eigenvalue weighted by Crippen LogP contribution is 2.30. The lowest BCUT2D eigenvalue weighted by Crippen LogP contribution is -2.21. The van der Waals surface area contributed by atoms with Crippen LogP contribution in [-0.4, -0.2) is 28.8 Å². The van der Waals surface area contributed by atoms with Gasteiger partial charge in [0.25, 0.3) is 5.91 Å². The summed E-state index contributed by atoms with van der Waals surface area (Å²) in [6, 6.07) is 10.2. The average molecular weight is 424 g/mol. The molecular formula is C24H26F2N4O. The van der Waals surface area contributed by atoms with E-state index in [-0.39, 0.29) is 17.3 Å². The Balaban J connectivity index is 1.62. The number of nitrogens with one attached hydrogen (secondary N) is 1. The Morgan fingerprint density at radius 2 is 1.68 bits per heavy atom. The van der Waals surface area contributed by atoms with Gasteiger partial charge in [0.05, 0.1) is 23.1 Å². The molecule has 7 heteroatoms. The van der Waals surface area contributed by atoms with Crippen LogP contribution in [-0.2, 0) is 0 Å². The molecule has 0 aliphatic carbocycles. The molecule has 3 aromatic rings. The van der Waals surface area contributed by atoms with Crippen LogP contribution in [0.4, 0.5) is 20.2 Å². The van der Waals surface area contributed by atoms with Crippen LogP contribution >= 0.6 is 0 Å². The van der Waals surface area contributed by atoms with Crippen molar-refractivity contribution in [2.24, 2.45) is 0 Å². The van der Waals surface area contributed by atoms with E-state index in [4.69, 9.17) is 0 Å². The van der Waals surface area contributed by atoms with Gasteiger partial charge in [0.2, 0.25) is 0 Å². The number of nitrogens with zero attached hydrogens (tertiary/aromatic N) is 3. The zero-order valence-corrected chi connectivity index (χ0v) is 18.0. The van der Waals surface area contributed by atoms with Gasteiger partial charge in [0.1, 0.15) is 5.69 Å². The molecule has 1 amide bonds. The van der Waals surface area contributed by atoms with E-state index in [1.165, 1.54) is 18.3 Å². The van der Waals surface area contributed by atoms with Gasteiger partial charge in [0.15, 0.2) is 11.6 Å². The van der Waals surface area contributed by atoms with E-state index in [1.54, 1.807) is 9.58 Å². The Labute approximate surface area is 180 Å². The molecule has 1 saturated heterocycles. The number of hydrogen-bond acceptors (Lipinski definition) is 3. The summed E-state index contributed by atoms with van der Waals surface area (Å²) in [5.74, 6) is -1.78. The minimum Gasteiger partial charge on any atom is -0.367 e. The maximum absolute atomic E-state index is 14.6. The number of amides is 1. The SMILES string of the molecule is Cc1ccc(-n2ncc(C(=O)Nc3cc(F)c(N4CCCC4)c(F)c3)c2C(C)C)cc1. The minimum absolute atomic E-state index is 0.00979. The highest BCUT2D eigenvalue weighted by atomic mass is 19.1. The summed E-state index contributed by atoms with van der Waals surface area (Å²) in [5, 5.41) is 7.04. The van der Waals surface area contributed by atoms with Crippen LogP contribution < -0.4 is 10.2 Å². The summed E-state index contributed by atoms with van der Waals surface area (Å²) in [7, 11) is 0. The number of anilines is 2. The normalized spacial score (nSPS) is 13.8. The molecule has 31 heavy (non-hydrogen) atoms. The van der Waals surface area contributed by atoms with Gasteiger partial charge in [-0.2, -0.15) is 5.10 Å². The van der Waals surface area contributed by atoms with Gasteiger partial charge in [-0.1, -0.05) is 31.5 Å². The topological polar surface area (TPSA) is 50.2 Å². The lowest BCUT2D eigenvalue weighted by Gasteiger charge is -2.20. The molecule has 1 aromatic heterocycles. The molecule has 0 atom stereocenters. The first-order valence-corrected chi connectivity index (χ1v) is 10.6. The summed E-state index contributed by atoms with van der Waals surface area (Å²) in [4.78, 5) is 14.7. The average Bonchev–Trinajstić information content (AvgIpc) is 3.38. The van der Waals surface area contributed by atoms with Crippen molar-refractivity contribution in [3.8, 4) is 5.69 Å². The smallest absolute Gasteiger partial charge is 0.259 e. The lowest BCUT2D eigenvalue weighted by molar-refractivity contribution is 0.102. The van der Waals surface area contributed by atoms with Gasteiger partial charge in [-0.15, -0.1) is 0 Å². The summed E-state index contributed by atoms with van der Waals surface area (Å²) in [6.07, 6.45) is 3.33. The fourth-order valence-corrected chi connectivity index (χ4v) is 4.06. The summed E-state index contributed by atoms with van der Waals surface area (Å²) >= 11 is 0. The van der Waals surface area contributed by atoms with Crippen LogP contribution in [0, 0.1) is 18.6 Å². The first-order valence-electron chi connectivity index (χ1n) is 10.6. The molecule has 2 aromatic carbocycles. The van der Waals surface area contributed by atoms with Crippen molar-refractivity contribution in [3.05, 3.63) is 71.1 Å². The zero-order valence-electron chi connectivity index (χ0n) is 18.0. The van der Waals surface area contributed by atoms with E-state index in [0.717, 1.165) is 29.8 Å². The van der Waals surface area contributed by atoms with Crippen molar-refractivity contribution < 1.29 is 13.6 Å². The summed E-state index contributed by atoms with van der Waals surface area (Å²) < 4.78 is 31.0. The second-order valence-corrected chi connectivity index (χ2v) is 8.28. The van der Waals surface area contributed by atoms with Gasteiger partial charge in [-0.05, 0) is 49.9 Å². The molecule has 4 rings (SSSR count). The first-order chi connectivity index (χ1) is 14.8. The Morgan fingerprint density at radius 1 is 1.06 bits per heavy atom. The van der Waals surface area contributed by atoms with E-state index in [0.29, 0.717) is 18.7 Å². The second-order valence-electron chi connectivity index (χ2n) is 8.28. The molecular weight excluding hydrogens is 398 g/mol. The third-order valence-corrected chi connectivity index (χ3v) is 5.57. The van der Waals surface area contributed by atoms with E-state index in [1.807, 2.05) is 45.0 Å². The van der Waals surface area contributed by atoms with Crippen LogP contribution in [0.2, 0.25) is 0 Å². The van der Waals surface area contributed by atoms with Crippen molar-refractivity contribution in [1.29, 1.82) is 0 Å². The number of rotatable bonds is 5. The van der Waals surface area contributed by atoms with Crippen LogP contribution in [0.15, 0.2) is 42.6 Å². The second kappa shape index (κ2) is 8.49. The Hall–Kier alpha value is -3.22. The van der Waals surface area contributed by atoms with E-state index < -0.39 is 17.5 Å². The third kappa shape index (κ3) is 4.17. The Morgan fingerprint density at radius 3 is 2.26 bits per heavy atom. The number of benzene rings is 2. The number of carbonyl (C=O) groups excluding carboxylic acids is 1. The molecule has 0 bridgehead atoms. The van der Waals surface area contributed by atoms with Gasteiger partial charge in [0, 0.05) is 18.8 Å². The van der Waals surface area contributed by atoms with Gasteiger partial charge < -0.3 is 10.2 Å². The highest BCUT2D eigenvalue weighted by Gasteiger charge is 2.24. The predicted octanol–water partition coefficient (Wildman–Crippen LogP) is 5.43. The van der Waals surface area contributed by atoms with Gasteiger partial charge in [-0.25, -0.2) is 13.5 Å². The number of carbonyl (C=O) groups is 1. The zero-order chi connectivity index (χ0) is 22.1. The molecule has 1 aliphatic rings. The maximum Gasteiger partial charge on any atom is 0.259 e. The molecule has 0 radical (unpaired) electrons. The highest BCUT2D eigenvalue weighted by molar-refractivity contribution is 6.05. The molecule has 1 fully saturated rings. The minimum atomic E-state index is -0.670. The summed E-state index contributed by atoms with van der Waals surface area (Å²) in [5.41, 5.74) is 3.14. The van der Waals surface area contributed by atoms with E-state index in [9.17, 15) is 13.6 Å². The van der Waals surface area contributed by atoms with Crippen molar-refractivity contribution >= 4 is 17.3 Å². The fourth-order valence-electron chi connectivity index (χ4n) is 4.06. The quantitative estimate of drug-likeness (QED) is 0.594. The first kappa shape index (κ1) is 21.0. The molecule has 1 N–H and O–H groups in total. The molecule has 0 spiro atoms. The van der Waals surface area contributed by atoms with Crippen molar-refractivity contribution in [2.45, 2.75) is 39.5 Å². The number of aromatic nitrogens is 2. The Bertz CT molecular complexity index is 1080. The molecule has 5 nitrogen and oxygen atoms in total. The van der Waals surface area contributed by atoms with E-state index >= 15 is 0 Å². The molecule has 162 valence electrons. The number of hydrogen-bond donors (Lipinski definition) is 1. The Kier molecular flexibility index (Phi) is 5.76. The number of aryl methyl sites for hydroxylation is 1. The molecule has 0 saturated carbocycles. The van der Waals surface area contributed by atoms with Crippen LogP contribution in [0.5, 0.6) is 0 Å². The molecule has 2 heterocycles. The lowest BCUT2D eigenvalue weighted by atomic mass is 10.0. The largest absolute Gasteiger partial charge is 0.367 e. The van der Waals surface area contributed by atoms with Crippen molar-refractivity contribution in [3.63, 3.8) is 0 Å². The van der Waals surface area contributed by atoms with Crippen LogP contribution in [0.3, 0.4) is 0 Å². The molecule has 1 aliphatic heterocycles. The third-order valence-electron chi connectivity index (χ3n) is 5.57. The standard InChI is InChI=1S/C24H26F2N4O/c1-15(2)22-19(14-27-30(22)18-8-6-16(3)7-9-18)24(31)28-17-12-20(25)23(21(26)13-17)29-10-4-5-11-29/h6-9,12-15H,4-5,10-11H2,1-3H3,(H,28,31). The van der Waals surface area contributed by atoms with Crippen molar-refractivity contribution in [2.75, 3.05) is 23.3 Å². The van der Waals surface area contributed by atoms with E-state index in [2.05, 4.69) is 10.4 Å². The van der Waals surface area contributed by atoms with Gasteiger partial charge in [-0.3, -0.25) is 4.79 Å². The number of halogens is 2. The van der Waals surface area contributed by atoms with Crippen LogP contribution in [0.25, 0.3) is 5.69 Å². The van der Waals surface area contributed by atoms with Crippen LogP contribution in [0.1, 0.15) is 54.2 Å². The van der Waals surface area contributed by atoms with Crippen molar-refractivity contribution in [1.82, 2.24) is 9.78 Å². The molecule has 0 unspecified atom stereocenters. The predicted molar refractivity (Wildman–Crippen MR) is 118 cm³/mol. The van der Waals surface area contributed by atoms with Gasteiger partial charge >= 0.3 is 0 Å².